The van der Waals surface area contributed by atoms with Crippen LogP contribution in [0.25, 0.3) is 0 Å². The molecule has 0 saturated heterocycles. The van der Waals surface area contributed by atoms with Gasteiger partial charge >= 0.3 is 5.69 Å². The highest BCUT2D eigenvalue weighted by Gasteiger charge is 2.14. The Balaban J connectivity index is 2.36. The summed E-state index contributed by atoms with van der Waals surface area (Å²) >= 11 is 11.5. The Bertz CT molecular complexity index is 706. The lowest BCUT2D eigenvalue weighted by atomic mass is 10.3. The Hall–Kier alpha value is -2.19. The normalized spacial score (nSPS) is 10.2. The van der Waals surface area contributed by atoms with Crippen LogP contribution >= 0.6 is 23.2 Å². The van der Waals surface area contributed by atoms with Crippen molar-refractivity contribution in [1.29, 1.82) is 0 Å². The average Bonchev–Trinajstić information content (AvgIpc) is 2.32. The largest absolute Gasteiger partial charge is 0.326 e. The van der Waals surface area contributed by atoms with Crippen molar-refractivity contribution >= 4 is 34.8 Å². The highest BCUT2D eigenvalue weighted by atomic mass is 35.5. The Morgan fingerprint density at radius 2 is 1.79 bits per heavy atom. The lowest BCUT2D eigenvalue weighted by molar-refractivity contribution is 0.102. The van der Waals surface area contributed by atoms with Gasteiger partial charge in [0.25, 0.3) is 11.5 Å². The fourth-order valence-electron chi connectivity index (χ4n) is 1.22. The number of amides is 1. The van der Waals surface area contributed by atoms with Crippen molar-refractivity contribution in [2.24, 2.45) is 0 Å². The van der Waals surface area contributed by atoms with Crippen LogP contribution in [-0.4, -0.2) is 25.8 Å². The minimum atomic E-state index is -0.806. The van der Waals surface area contributed by atoms with Gasteiger partial charge in [-0.2, -0.15) is 0 Å². The van der Waals surface area contributed by atoms with E-state index in [1.807, 2.05) is 4.98 Å². The molecule has 0 radical (unpaired) electrons. The molecule has 0 spiro atoms. The number of carbonyl (C=O) groups is 1. The van der Waals surface area contributed by atoms with Gasteiger partial charge in [0.1, 0.15) is 17.7 Å². The van der Waals surface area contributed by atoms with E-state index in [0.717, 1.165) is 12.4 Å². The molecule has 0 aliphatic carbocycles. The van der Waals surface area contributed by atoms with Gasteiger partial charge < -0.3 is 10.3 Å². The third-order valence-corrected chi connectivity index (χ3v) is 2.57. The SMILES string of the molecule is O=C(Nc1c(Cl)ncnc1Cl)c1cc(=O)[nH]c(=O)[nH]1. The molecule has 1 amide bonds. The molecule has 8 nitrogen and oxygen atoms in total. The average molecular weight is 302 g/mol. The molecule has 10 heteroatoms. The van der Waals surface area contributed by atoms with Crippen LogP contribution in [0, 0.1) is 0 Å². The fourth-order valence-corrected chi connectivity index (χ4v) is 1.63. The molecule has 0 aliphatic heterocycles. The second-order valence-electron chi connectivity index (χ2n) is 3.29. The predicted molar refractivity (Wildman–Crippen MR) is 67.7 cm³/mol. The lowest BCUT2D eigenvalue weighted by Gasteiger charge is -2.06. The summed E-state index contributed by atoms with van der Waals surface area (Å²) in [6.45, 7) is 0. The van der Waals surface area contributed by atoms with Crippen LogP contribution in [0.1, 0.15) is 10.5 Å². The van der Waals surface area contributed by atoms with E-state index in [1.54, 1.807) is 0 Å². The first-order valence-electron chi connectivity index (χ1n) is 4.78. The summed E-state index contributed by atoms with van der Waals surface area (Å²) in [6.07, 6.45) is 1.12. The number of hydrogen-bond donors (Lipinski definition) is 3. The number of H-pyrrole nitrogens is 2. The van der Waals surface area contributed by atoms with E-state index >= 15 is 0 Å². The van der Waals surface area contributed by atoms with Crippen LogP contribution in [-0.2, 0) is 0 Å². The van der Waals surface area contributed by atoms with E-state index in [2.05, 4.69) is 20.3 Å². The quantitative estimate of drug-likeness (QED) is 0.694. The van der Waals surface area contributed by atoms with Crippen molar-refractivity contribution < 1.29 is 4.79 Å². The molecular formula is C9H5Cl2N5O3. The lowest BCUT2D eigenvalue weighted by Crippen LogP contribution is -2.27. The number of rotatable bonds is 2. The summed E-state index contributed by atoms with van der Waals surface area (Å²) in [5.41, 5.74) is -1.78. The Morgan fingerprint density at radius 1 is 1.16 bits per heavy atom. The van der Waals surface area contributed by atoms with Gasteiger partial charge in [0, 0.05) is 6.07 Å². The molecule has 19 heavy (non-hydrogen) atoms. The van der Waals surface area contributed by atoms with E-state index in [0.29, 0.717) is 0 Å². The molecule has 0 bridgehead atoms. The summed E-state index contributed by atoms with van der Waals surface area (Å²) in [5.74, 6) is -0.776. The standard InChI is InChI=1S/C9H5Cl2N5O3/c10-6-5(7(11)13-2-12-6)16-8(18)3-1-4(17)15-9(19)14-3/h1-2H,(H,16,18)(H2,14,15,17,19). The zero-order valence-electron chi connectivity index (χ0n) is 9.03. The molecule has 0 saturated carbocycles. The zero-order valence-corrected chi connectivity index (χ0v) is 10.5. The van der Waals surface area contributed by atoms with Gasteiger partial charge in [-0.15, -0.1) is 0 Å². The molecule has 0 unspecified atom stereocenters. The summed E-state index contributed by atoms with van der Waals surface area (Å²) in [7, 11) is 0. The van der Waals surface area contributed by atoms with Crippen LogP contribution in [0.3, 0.4) is 0 Å². The third kappa shape index (κ3) is 2.98. The van der Waals surface area contributed by atoms with E-state index in [-0.39, 0.29) is 21.7 Å². The fraction of sp³-hybridized carbons (Fsp3) is 0. The topological polar surface area (TPSA) is 121 Å². The van der Waals surface area contributed by atoms with Crippen LogP contribution in [0.2, 0.25) is 10.3 Å². The number of anilines is 1. The number of hydrogen-bond acceptors (Lipinski definition) is 5. The number of nitrogens with zero attached hydrogens (tertiary/aromatic N) is 2. The van der Waals surface area contributed by atoms with Crippen LogP contribution in [0.15, 0.2) is 22.0 Å². The van der Waals surface area contributed by atoms with E-state index < -0.39 is 17.2 Å². The van der Waals surface area contributed by atoms with Gasteiger partial charge in [-0.1, -0.05) is 23.2 Å². The minimum absolute atomic E-state index is 0.0167. The monoisotopic (exact) mass is 301 g/mol. The van der Waals surface area contributed by atoms with E-state index in [9.17, 15) is 14.4 Å². The van der Waals surface area contributed by atoms with Crippen molar-refractivity contribution in [2.45, 2.75) is 0 Å². The molecule has 98 valence electrons. The summed E-state index contributed by atoms with van der Waals surface area (Å²) in [5, 5.41) is 2.16. The minimum Gasteiger partial charge on any atom is -0.316 e. The maximum absolute atomic E-state index is 11.8. The Labute approximate surface area is 114 Å². The van der Waals surface area contributed by atoms with Crippen molar-refractivity contribution in [3.05, 3.63) is 49.2 Å². The molecule has 2 aromatic rings. The van der Waals surface area contributed by atoms with Crippen molar-refractivity contribution in [3.8, 4) is 0 Å². The van der Waals surface area contributed by atoms with Gasteiger partial charge in [0.15, 0.2) is 10.3 Å². The molecule has 3 N–H and O–H groups in total. The van der Waals surface area contributed by atoms with Crippen LogP contribution in [0.5, 0.6) is 0 Å². The molecular weight excluding hydrogens is 297 g/mol. The second-order valence-corrected chi connectivity index (χ2v) is 4.00. The molecule has 2 heterocycles. The van der Waals surface area contributed by atoms with Crippen molar-refractivity contribution in [1.82, 2.24) is 19.9 Å². The highest BCUT2D eigenvalue weighted by Crippen LogP contribution is 2.25. The first-order valence-corrected chi connectivity index (χ1v) is 5.54. The van der Waals surface area contributed by atoms with Gasteiger partial charge in [-0.3, -0.25) is 14.6 Å². The molecule has 2 rings (SSSR count). The highest BCUT2D eigenvalue weighted by molar-refractivity contribution is 6.38. The Kier molecular flexibility index (Phi) is 3.63. The van der Waals surface area contributed by atoms with Crippen molar-refractivity contribution in [3.63, 3.8) is 0 Å². The third-order valence-electron chi connectivity index (χ3n) is 2.00. The van der Waals surface area contributed by atoms with E-state index in [1.165, 1.54) is 0 Å². The van der Waals surface area contributed by atoms with Crippen LogP contribution < -0.4 is 16.6 Å². The summed E-state index contributed by atoms with van der Waals surface area (Å²) in [4.78, 5) is 45.3. The van der Waals surface area contributed by atoms with Crippen LogP contribution in [0.4, 0.5) is 5.69 Å². The molecule has 0 aliphatic rings. The summed E-state index contributed by atoms with van der Waals surface area (Å²) in [6, 6.07) is 0.919. The first kappa shape index (κ1) is 13.2. The first-order chi connectivity index (χ1) is 8.97. The Morgan fingerprint density at radius 3 is 2.37 bits per heavy atom. The van der Waals surface area contributed by atoms with Crippen molar-refractivity contribution in [2.75, 3.05) is 5.32 Å². The predicted octanol–water partition coefficient (Wildman–Crippen LogP) is 0.412. The van der Waals surface area contributed by atoms with E-state index in [4.69, 9.17) is 23.2 Å². The number of aromatic nitrogens is 4. The maximum Gasteiger partial charge on any atom is 0.326 e. The summed E-state index contributed by atoms with van der Waals surface area (Å²) < 4.78 is 0. The molecule has 0 aromatic carbocycles. The molecule has 0 atom stereocenters. The number of carbonyl (C=O) groups excluding carboxylic acids is 1. The number of halogens is 2. The molecule has 0 fully saturated rings. The number of nitrogens with one attached hydrogen (secondary N) is 3. The number of aromatic amines is 2. The molecule has 2 aromatic heterocycles. The van der Waals surface area contributed by atoms with Gasteiger partial charge in [-0.05, 0) is 0 Å². The maximum atomic E-state index is 11.8. The zero-order chi connectivity index (χ0) is 14.0. The van der Waals surface area contributed by atoms with Gasteiger partial charge in [-0.25, -0.2) is 14.8 Å². The second kappa shape index (κ2) is 5.21. The smallest absolute Gasteiger partial charge is 0.316 e. The van der Waals surface area contributed by atoms with Gasteiger partial charge in [0.2, 0.25) is 0 Å². The van der Waals surface area contributed by atoms with Gasteiger partial charge in [0.05, 0.1) is 0 Å².